The van der Waals surface area contributed by atoms with Gasteiger partial charge in [-0.1, -0.05) is 13.8 Å². The van der Waals surface area contributed by atoms with Crippen LogP contribution in [0.3, 0.4) is 0 Å². The molecule has 3 heterocycles. The highest BCUT2D eigenvalue weighted by Crippen LogP contribution is 2.68. The highest BCUT2D eigenvalue weighted by atomic mass is 16.5. The zero-order valence-electron chi connectivity index (χ0n) is 18.3. The van der Waals surface area contributed by atoms with E-state index in [2.05, 4.69) is 11.8 Å². The maximum absolute atomic E-state index is 13.7. The van der Waals surface area contributed by atoms with Crippen molar-refractivity contribution in [3.05, 3.63) is 34.8 Å². The number of aryl methyl sites for hydroxylation is 1. The third-order valence-electron chi connectivity index (χ3n) is 8.82. The number of aliphatic hydroxyl groups is 1. The molecule has 7 nitrogen and oxygen atoms in total. The molecule has 6 aliphatic rings. The van der Waals surface area contributed by atoms with Gasteiger partial charge in [-0.25, -0.2) is 4.79 Å². The lowest BCUT2D eigenvalue weighted by Crippen LogP contribution is -2.63. The van der Waals surface area contributed by atoms with E-state index in [0.29, 0.717) is 23.2 Å². The highest BCUT2D eigenvalue weighted by molar-refractivity contribution is 6.07. The van der Waals surface area contributed by atoms with Crippen molar-refractivity contribution >= 4 is 11.8 Å². The Hall–Kier alpha value is -2.22. The Bertz CT molecular complexity index is 1120. The van der Waals surface area contributed by atoms with Crippen LogP contribution in [-0.2, 0) is 31.7 Å². The maximum atomic E-state index is 13.7. The van der Waals surface area contributed by atoms with E-state index in [-0.39, 0.29) is 18.1 Å². The largest absolute Gasteiger partial charge is 0.469 e. The number of ether oxygens (including phenoxy) is 2. The summed E-state index contributed by atoms with van der Waals surface area (Å²) >= 11 is 0. The first-order valence-electron chi connectivity index (χ1n) is 11.0. The summed E-state index contributed by atoms with van der Waals surface area (Å²) in [5, 5.41) is 12.2. The Labute approximate surface area is 180 Å². The molecule has 3 aliphatic carbocycles. The van der Waals surface area contributed by atoms with Gasteiger partial charge in [0.15, 0.2) is 11.4 Å². The minimum atomic E-state index is -1.84. The standard InChI is InChI=1S/C24H27NO6/c1-12-9-25-10-13-5-6-15-16-14(7-8-31-15)17(21(27)29-3)19-18(16)22(13,2)24(25,30-4)11-23(19,28)20(12)26/h7-8,12-13,28H,5-6,9-11H2,1-4H3/t12-,13-,22+,23-,24+/m0/s1. The van der Waals surface area contributed by atoms with Crippen LogP contribution in [-0.4, -0.2) is 54.8 Å². The number of Topliss-reactive ketones (excluding diaryl/α,β-unsaturated/α-hetero) is 1. The highest BCUT2D eigenvalue weighted by Gasteiger charge is 2.74. The Morgan fingerprint density at radius 1 is 1.29 bits per heavy atom. The summed E-state index contributed by atoms with van der Waals surface area (Å²) in [6.45, 7) is 5.33. The van der Waals surface area contributed by atoms with Crippen molar-refractivity contribution in [1.82, 2.24) is 4.90 Å². The quantitative estimate of drug-likeness (QED) is 0.740. The summed E-state index contributed by atoms with van der Waals surface area (Å²) < 4.78 is 17.4. The lowest BCUT2D eigenvalue weighted by molar-refractivity contribution is -0.192. The molecule has 0 unspecified atom stereocenters. The summed E-state index contributed by atoms with van der Waals surface area (Å²) in [7, 11) is 3.01. The third kappa shape index (κ3) is 1.89. The van der Waals surface area contributed by atoms with Crippen molar-refractivity contribution < 1.29 is 28.6 Å². The van der Waals surface area contributed by atoms with Gasteiger partial charge in [-0.15, -0.1) is 0 Å². The predicted molar refractivity (Wildman–Crippen MR) is 110 cm³/mol. The molecule has 0 amide bonds. The van der Waals surface area contributed by atoms with Crippen molar-refractivity contribution in [2.75, 3.05) is 27.3 Å². The van der Waals surface area contributed by atoms with Crippen LogP contribution in [0.2, 0.25) is 0 Å². The molecule has 1 N–H and O–H groups in total. The van der Waals surface area contributed by atoms with E-state index in [1.165, 1.54) is 7.11 Å². The molecule has 5 atom stereocenters. The summed E-state index contributed by atoms with van der Waals surface area (Å²) in [4.78, 5) is 29.1. The molecular formula is C24H27NO6. The molecule has 2 saturated heterocycles. The van der Waals surface area contributed by atoms with Gasteiger partial charge < -0.3 is 19.0 Å². The molecule has 6 rings (SSSR count). The fourth-order valence-corrected chi connectivity index (χ4v) is 7.50. The monoisotopic (exact) mass is 425 g/mol. The SMILES string of the molecule is COC(=O)c1c2ccoc3c-2c2c1[C@@]1(O)C[C@]4(OC)N(C[C@H](CC3)[C@]24C)C[C@H](C)C1=O. The predicted octanol–water partition coefficient (Wildman–Crippen LogP) is 2.46. The molecule has 31 heavy (non-hydrogen) atoms. The molecule has 164 valence electrons. The maximum Gasteiger partial charge on any atom is 0.338 e. The van der Waals surface area contributed by atoms with Crippen molar-refractivity contribution in [1.29, 1.82) is 0 Å². The molecule has 0 aromatic rings. The van der Waals surface area contributed by atoms with Gasteiger partial charge in [0.1, 0.15) is 11.5 Å². The Kier molecular flexibility index (Phi) is 3.62. The number of carbonyl (C=O) groups is 2. The molecular weight excluding hydrogens is 398 g/mol. The van der Waals surface area contributed by atoms with Crippen molar-refractivity contribution in [3.63, 3.8) is 0 Å². The average molecular weight is 425 g/mol. The summed E-state index contributed by atoms with van der Waals surface area (Å²) in [5.74, 6) is -0.183. The number of methoxy groups -OCH3 is 2. The zero-order chi connectivity index (χ0) is 21.9. The number of carbonyl (C=O) groups excluding carboxylic acids is 2. The van der Waals surface area contributed by atoms with Gasteiger partial charge in [0.25, 0.3) is 0 Å². The first-order chi connectivity index (χ1) is 14.7. The minimum absolute atomic E-state index is 0.104. The molecule has 3 aliphatic heterocycles. The Balaban J connectivity index is 1.85. The number of rotatable bonds is 2. The van der Waals surface area contributed by atoms with Gasteiger partial charge in [0.05, 0.1) is 18.9 Å². The lowest BCUT2D eigenvalue weighted by Gasteiger charge is -2.54. The first-order valence-corrected chi connectivity index (χ1v) is 11.0. The second-order valence-corrected chi connectivity index (χ2v) is 9.88. The molecule has 0 saturated carbocycles. The van der Waals surface area contributed by atoms with E-state index in [0.717, 1.165) is 36.3 Å². The van der Waals surface area contributed by atoms with Crippen LogP contribution >= 0.6 is 0 Å². The minimum Gasteiger partial charge on any atom is -0.469 e. The van der Waals surface area contributed by atoms with E-state index in [4.69, 9.17) is 13.9 Å². The molecule has 0 radical (unpaired) electrons. The van der Waals surface area contributed by atoms with Gasteiger partial charge in [-0.3, -0.25) is 9.69 Å². The number of esters is 1. The first kappa shape index (κ1) is 19.5. The molecule has 0 spiro atoms. The van der Waals surface area contributed by atoms with Crippen molar-refractivity contribution in [2.45, 2.75) is 49.9 Å². The molecule has 2 bridgehead atoms. The van der Waals surface area contributed by atoms with Gasteiger partial charge in [0.2, 0.25) is 0 Å². The second-order valence-electron chi connectivity index (χ2n) is 9.88. The number of hydrogen-bond acceptors (Lipinski definition) is 7. The molecule has 0 aromatic heterocycles. The van der Waals surface area contributed by atoms with E-state index < -0.39 is 28.6 Å². The topological polar surface area (TPSA) is 89.2 Å². The van der Waals surface area contributed by atoms with E-state index in [1.807, 2.05) is 6.92 Å². The fraction of sp³-hybridized carbons (Fsp3) is 0.583. The van der Waals surface area contributed by atoms with Crippen LogP contribution in [0.4, 0.5) is 0 Å². The van der Waals surface area contributed by atoms with Crippen LogP contribution in [0.15, 0.2) is 16.7 Å². The van der Waals surface area contributed by atoms with E-state index in [9.17, 15) is 14.7 Å². The third-order valence-corrected chi connectivity index (χ3v) is 8.82. The average Bonchev–Trinajstić information content (AvgIpc) is 3.17. The number of ketones is 1. The number of hydrogen-bond donors (Lipinski definition) is 1. The zero-order valence-corrected chi connectivity index (χ0v) is 18.3. The van der Waals surface area contributed by atoms with E-state index in [1.54, 1.807) is 19.4 Å². The van der Waals surface area contributed by atoms with Crippen LogP contribution in [0.5, 0.6) is 0 Å². The summed E-state index contributed by atoms with van der Waals surface area (Å²) in [6, 6.07) is 1.76. The fourth-order valence-electron chi connectivity index (χ4n) is 7.50. The Morgan fingerprint density at radius 3 is 2.77 bits per heavy atom. The van der Waals surface area contributed by atoms with Gasteiger partial charge >= 0.3 is 5.97 Å². The Morgan fingerprint density at radius 2 is 2.06 bits per heavy atom. The molecule has 2 fully saturated rings. The van der Waals surface area contributed by atoms with Crippen molar-refractivity contribution in [2.24, 2.45) is 11.8 Å². The summed E-state index contributed by atoms with van der Waals surface area (Å²) in [6.07, 6.45) is 3.32. The van der Waals surface area contributed by atoms with Crippen LogP contribution in [0, 0.1) is 11.8 Å². The van der Waals surface area contributed by atoms with E-state index >= 15 is 0 Å². The van der Waals surface area contributed by atoms with Crippen LogP contribution < -0.4 is 0 Å². The summed E-state index contributed by atoms with van der Waals surface area (Å²) in [5.41, 5.74) is -0.120. The molecule has 0 aromatic carbocycles. The van der Waals surface area contributed by atoms with Crippen molar-refractivity contribution in [3.8, 4) is 11.1 Å². The van der Waals surface area contributed by atoms with Crippen LogP contribution in [0.25, 0.3) is 11.1 Å². The number of fused-ring (bicyclic) bond motifs is 2. The van der Waals surface area contributed by atoms with Gasteiger partial charge in [-0.2, -0.15) is 0 Å². The number of nitrogens with zero attached hydrogens (tertiary/aromatic N) is 1. The second kappa shape index (κ2) is 5.77. The lowest BCUT2D eigenvalue weighted by atomic mass is 9.57. The van der Waals surface area contributed by atoms with Gasteiger partial charge in [-0.05, 0) is 24.0 Å². The van der Waals surface area contributed by atoms with Gasteiger partial charge in [0, 0.05) is 61.1 Å². The van der Waals surface area contributed by atoms with Crippen LogP contribution in [0.1, 0.15) is 53.9 Å². The normalized spacial score (nSPS) is 38.4. The molecule has 7 heteroatoms. The smallest absolute Gasteiger partial charge is 0.338 e.